The van der Waals surface area contributed by atoms with Crippen LogP contribution in [0.25, 0.3) is 0 Å². The number of allylic oxidation sites excluding steroid dienone is 3. The van der Waals surface area contributed by atoms with Crippen LogP contribution < -0.4 is 5.32 Å². The van der Waals surface area contributed by atoms with Gasteiger partial charge in [0.05, 0.1) is 6.54 Å². The van der Waals surface area contributed by atoms with Gasteiger partial charge in [0, 0.05) is 5.69 Å². The van der Waals surface area contributed by atoms with Crippen LogP contribution >= 0.6 is 11.8 Å². The van der Waals surface area contributed by atoms with Crippen molar-refractivity contribution in [3.8, 4) is 0 Å². The average molecular weight is 272 g/mol. The SMILES string of the molecule is CSC(=NCC1=CC=CCC1)Nc1ccccc1C. The van der Waals surface area contributed by atoms with Crippen LogP contribution in [0.4, 0.5) is 5.69 Å². The van der Waals surface area contributed by atoms with E-state index in [2.05, 4.69) is 59.9 Å². The van der Waals surface area contributed by atoms with Gasteiger partial charge in [0.15, 0.2) is 5.17 Å². The number of hydrogen-bond acceptors (Lipinski definition) is 2. The Hall–Kier alpha value is -1.48. The summed E-state index contributed by atoms with van der Waals surface area (Å²) in [6.45, 7) is 2.90. The number of rotatable bonds is 3. The van der Waals surface area contributed by atoms with Gasteiger partial charge in [-0.1, -0.05) is 48.2 Å². The van der Waals surface area contributed by atoms with Gasteiger partial charge in [0.25, 0.3) is 0 Å². The maximum absolute atomic E-state index is 4.67. The molecule has 0 saturated heterocycles. The third kappa shape index (κ3) is 4.28. The summed E-state index contributed by atoms with van der Waals surface area (Å²) in [4.78, 5) is 4.67. The maximum atomic E-state index is 4.67. The molecule has 1 aromatic rings. The molecule has 0 radical (unpaired) electrons. The van der Waals surface area contributed by atoms with Crippen LogP contribution in [-0.2, 0) is 0 Å². The zero-order chi connectivity index (χ0) is 13.5. The quantitative estimate of drug-likeness (QED) is 0.651. The minimum Gasteiger partial charge on any atom is -0.335 e. The highest BCUT2D eigenvalue weighted by Gasteiger charge is 2.03. The second-order valence-corrected chi connectivity index (χ2v) is 5.35. The molecule has 19 heavy (non-hydrogen) atoms. The molecule has 2 nitrogen and oxygen atoms in total. The molecule has 1 N–H and O–H groups in total. The molecule has 1 aliphatic rings. The highest BCUT2D eigenvalue weighted by molar-refractivity contribution is 8.13. The smallest absolute Gasteiger partial charge is 0.161 e. The fourth-order valence-electron chi connectivity index (χ4n) is 1.94. The van der Waals surface area contributed by atoms with E-state index in [1.807, 2.05) is 6.07 Å². The van der Waals surface area contributed by atoms with Gasteiger partial charge in [-0.25, -0.2) is 0 Å². The largest absolute Gasteiger partial charge is 0.335 e. The second-order valence-electron chi connectivity index (χ2n) is 4.56. The number of anilines is 1. The summed E-state index contributed by atoms with van der Waals surface area (Å²) >= 11 is 1.66. The number of amidine groups is 1. The van der Waals surface area contributed by atoms with E-state index in [0.29, 0.717) is 0 Å². The van der Waals surface area contributed by atoms with Gasteiger partial charge in [0.2, 0.25) is 0 Å². The minimum absolute atomic E-state index is 0.791. The Morgan fingerprint density at radius 2 is 2.21 bits per heavy atom. The van der Waals surface area contributed by atoms with E-state index in [9.17, 15) is 0 Å². The van der Waals surface area contributed by atoms with Crippen LogP contribution in [0.3, 0.4) is 0 Å². The molecule has 2 rings (SSSR count). The van der Waals surface area contributed by atoms with Crippen LogP contribution in [-0.4, -0.2) is 18.0 Å². The summed E-state index contributed by atoms with van der Waals surface area (Å²) in [6.07, 6.45) is 10.8. The van der Waals surface area contributed by atoms with Gasteiger partial charge < -0.3 is 5.32 Å². The van der Waals surface area contributed by atoms with E-state index in [1.165, 1.54) is 11.1 Å². The summed E-state index contributed by atoms with van der Waals surface area (Å²) in [5.74, 6) is 0. The predicted octanol–water partition coefficient (Wildman–Crippen LogP) is 4.40. The van der Waals surface area contributed by atoms with Crippen LogP contribution in [0.2, 0.25) is 0 Å². The molecule has 0 atom stereocenters. The Bertz CT molecular complexity index is 515. The first-order valence-corrected chi connectivity index (χ1v) is 7.77. The normalized spacial score (nSPS) is 15.3. The molecule has 1 aromatic carbocycles. The summed E-state index contributed by atoms with van der Waals surface area (Å²) in [6, 6.07) is 8.29. The zero-order valence-electron chi connectivity index (χ0n) is 11.5. The topological polar surface area (TPSA) is 24.4 Å². The third-order valence-corrected chi connectivity index (χ3v) is 3.72. The number of para-hydroxylation sites is 1. The average Bonchev–Trinajstić information content (AvgIpc) is 2.46. The van der Waals surface area contributed by atoms with Gasteiger partial charge in [-0.3, -0.25) is 4.99 Å². The van der Waals surface area contributed by atoms with Crippen molar-refractivity contribution in [1.29, 1.82) is 0 Å². The molecule has 0 heterocycles. The second kappa shape index (κ2) is 7.19. The van der Waals surface area contributed by atoms with Crippen LogP contribution in [0.1, 0.15) is 18.4 Å². The van der Waals surface area contributed by atoms with E-state index in [-0.39, 0.29) is 0 Å². The lowest BCUT2D eigenvalue weighted by molar-refractivity contribution is 0.917. The van der Waals surface area contributed by atoms with Crippen molar-refractivity contribution in [2.75, 3.05) is 18.1 Å². The molecular formula is C16H20N2S. The predicted molar refractivity (Wildman–Crippen MR) is 87.1 cm³/mol. The lowest BCUT2D eigenvalue weighted by atomic mass is 10.1. The van der Waals surface area contributed by atoms with E-state index in [0.717, 1.165) is 30.2 Å². The van der Waals surface area contributed by atoms with E-state index < -0.39 is 0 Å². The zero-order valence-corrected chi connectivity index (χ0v) is 12.3. The standard InChI is InChI=1S/C16H20N2S/c1-13-8-6-7-11-15(13)18-16(19-2)17-12-14-9-4-3-5-10-14/h3-4,6-9,11H,5,10,12H2,1-2H3,(H,17,18). The van der Waals surface area contributed by atoms with Crippen LogP contribution in [0, 0.1) is 6.92 Å². The Kier molecular flexibility index (Phi) is 5.28. The first-order chi connectivity index (χ1) is 9.29. The van der Waals surface area contributed by atoms with Gasteiger partial charge >= 0.3 is 0 Å². The molecule has 0 aliphatic heterocycles. The van der Waals surface area contributed by atoms with Gasteiger partial charge in [-0.05, 0) is 43.2 Å². The monoisotopic (exact) mass is 272 g/mol. The number of aliphatic imine (C=N–C) groups is 1. The first-order valence-electron chi connectivity index (χ1n) is 6.55. The number of benzene rings is 1. The Labute approximate surface area is 119 Å². The molecule has 0 fully saturated rings. The Morgan fingerprint density at radius 3 is 2.89 bits per heavy atom. The number of nitrogens with zero attached hydrogens (tertiary/aromatic N) is 1. The Morgan fingerprint density at radius 1 is 1.37 bits per heavy atom. The minimum atomic E-state index is 0.791. The Balaban J connectivity index is 2.01. The molecule has 1 aliphatic carbocycles. The van der Waals surface area contributed by atoms with Crippen molar-refractivity contribution in [2.24, 2.45) is 4.99 Å². The van der Waals surface area contributed by atoms with E-state index >= 15 is 0 Å². The van der Waals surface area contributed by atoms with Crippen molar-refractivity contribution in [2.45, 2.75) is 19.8 Å². The van der Waals surface area contributed by atoms with Crippen molar-refractivity contribution >= 4 is 22.6 Å². The highest BCUT2D eigenvalue weighted by atomic mass is 32.2. The molecule has 0 spiro atoms. The summed E-state index contributed by atoms with van der Waals surface area (Å²) in [7, 11) is 0. The number of hydrogen-bond donors (Lipinski definition) is 1. The van der Waals surface area contributed by atoms with Crippen molar-refractivity contribution in [1.82, 2.24) is 0 Å². The lowest BCUT2D eigenvalue weighted by Gasteiger charge is -2.11. The van der Waals surface area contributed by atoms with Crippen LogP contribution in [0.15, 0.2) is 53.1 Å². The fraction of sp³-hybridized carbons (Fsp3) is 0.312. The van der Waals surface area contributed by atoms with Gasteiger partial charge in [-0.2, -0.15) is 0 Å². The summed E-state index contributed by atoms with van der Waals surface area (Å²) in [5, 5.41) is 4.38. The fourth-order valence-corrected chi connectivity index (χ4v) is 2.35. The summed E-state index contributed by atoms with van der Waals surface area (Å²) < 4.78 is 0. The van der Waals surface area contributed by atoms with Crippen molar-refractivity contribution in [3.05, 3.63) is 53.6 Å². The van der Waals surface area contributed by atoms with Gasteiger partial charge in [0.1, 0.15) is 0 Å². The molecule has 0 saturated carbocycles. The lowest BCUT2D eigenvalue weighted by Crippen LogP contribution is -2.09. The maximum Gasteiger partial charge on any atom is 0.161 e. The number of aryl methyl sites for hydroxylation is 1. The molecule has 0 amide bonds. The highest BCUT2D eigenvalue weighted by Crippen LogP contribution is 2.17. The van der Waals surface area contributed by atoms with Crippen molar-refractivity contribution < 1.29 is 0 Å². The molecule has 0 aromatic heterocycles. The number of thioether (sulfide) groups is 1. The first kappa shape index (κ1) is 13.9. The van der Waals surface area contributed by atoms with Crippen molar-refractivity contribution in [3.63, 3.8) is 0 Å². The van der Waals surface area contributed by atoms with E-state index in [1.54, 1.807) is 11.8 Å². The van der Waals surface area contributed by atoms with Crippen LogP contribution in [0.5, 0.6) is 0 Å². The molecule has 100 valence electrons. The third-order valence-electron chi connectivity index (χ3n) is 3.11. The van der Waals surface area contributed by atoms with E-state index in [4.69, 9.17) is 0 Å². The molecule has 3 heteroatoms. The summed E-state index contributed by atoms with van der Waals surface area (Å²) in [5.41, 5.74) is 3.78. The molecule has 0 bridgehead atoms. The van der Waals surface area contributed by atoms with Gasteiger partial charge in [-0.15, -0.1) is 0 Å². The molecular weight excluding hydrogens is 252 g/mol. The molecule has 0 unspecified atom stereocenters. The number of nitrogens with one attached hydrogen (secondary N) is 1.